The van der Waals surface area contributed by atoms with Gasteiger partial charge in [-0.3, -0.25) is 10.1 Å². The summed E-state index contributed by atoms with van der Waals surface area (Å²) in [5.74, 6) is -0.379. The number of aromatic amines is 1. The van der Waals surface area contributed by atoms with Crippen LogP contribution in [0.15, 0.2) is 30.6 Å². The third-order valence-electron chi connectivity index (χ3n) is 2.29. The number of hydrogen-bond donors (Lipinski definition) is 1. The number of hydrogen-bond acceptors (Lipinski definition) is 3. The minimum Gasteiger partial charge on any atom is -0.406 e. The van der Waals surface area contributed by atoms with Crippen molar-refractivity contribution in [2.45, 2.75) is 6.36 Å². The summed E-state index contributed by atoms with van der Waals surface area (Å²) in [5.41, 5.74) is 0.955. The molecule has 0 aliphatic carbocycles. The molecule has 0 saturated heterocycles. The number of nitro groups is 1. The molecule has 0 amide bonds. The number of halogens is 3. The molecule has 19 heavy (non-hydrogen) atoms. The Morgan fingerprint density at radius 1 is 1.37 bits per heavy atom. The first-order valence-corrected chi connectivity index (χ1v) is 5.04. The number of fused-ring (bicyclic) bond motifs is 1. The smallest absolute Gasteiger partial charge is 0.406 e. The van der Waals surface area contributed by atoms with Crippen LogP contribution in [0.4, 0.5) is 13.2 Å². The topological polar surface area (TPSA) is 68.2 Å². The first-order chi connectivity index (χ1) is 8.85. The highest BCUT2D eigenvalue weighted by molar-refractivity contribution is 5.89. The number of H-pyrrole nitrogens is 1. The predicted molar refractivity (Wildman–Crippen MR) is 61.0 cm³/mol. The second-order valence-corrected chi connectivity index (χ2v) is 3.60. The fourth-order valence-electron chi connectivity index (χ4n) is 1.60. The molecule has 0 unspecified atom stereocenters. The lowest BCUT2D eigenvalue weighted by Crippen LogP contribution is -2.16. The molecule has 1 heterocycles. The van der Waals surface area contributed by atoms with Crippen LogP contribution in [0, 0.1) is 10.1 Å². The zero-order valence-corrected chi connectivity index (χ0v) is 9.27. The van der Waals surface area contributed by atoms with Gasteiger partial charge in [0.25, 0.3) is 0 Å². The van der Waals surface area contributed by atoms with Gasteiger partial charge in [-0.15, -0.1) is 13.2 Å². The Morgan fingerprint density at radius 3 is 2.74 bits per heavy atom. The molecule has 0 aliphatic heterocycles. The molecule has 1 N–H and O–H groups in total. The van der Waals surface area contributed by atoms with E-state index in [1.54, 1.807) is 0 Å². The maximum atomic E-state index is 12.1. The second kappa shape index (κ2) is 4.63. The van der Waals surface area contributed by atoms with E-state index < -0.39 is 11.3 Å². The molecule has 1 aromatic heterocycles. The van der Waals surface area contributed by atoms with Crippen molar-refractivity contribution in [1.82, 2.24) is 4.98 Å². The Labute approximate surface area is 104 Å². The summed E-state index contributed by atoms with van der Waals surface area (Å²) in [6, 6.07) is 3.73. The lowest BCUT2D eigenvalue weighted by Gasteiger charge is -2.08. The van der Waals surface area contributed by atoms with E-state index in [0.29, 0.717) is 22.7 Å². The molecular weight excluding hydrogens is 265 g/mol. The van der Waals surface area contributed by atoms with Gasteiger partial charge in [-0.25, -0.2) is 0 Å². The highest BCUT2D eigenvalue weighted by atomic mass is 19.4. The maximum absolute atomic E-state index is 12.1. The number of nitrogens with one attached hydrogen (secondary N) is 1. The molecule has 5 nitrogen and oxygen atoms in total. The lowest BCUT2D eigenvalue weighted by molar-refractivity contribution is -0.400. The number of benzene rings is 1. The van der Waals surface area contributed by atoms with Crippen LogP contribution in [0.25, 0.3) is 17.0 Å². The van der Waals surface area contributed by atoms with Crippen LogP contribution in [0.1, 0.15) is 5.56 Å². The fourth-order valence-corrected chi connectivity index (χ4v) is 1.60. The van der Waals surface area contributed by atoms with Crippen molar-refractivity contribution in [2.75, 3.05) is 0 Å². The second-order valence-electron chi connectivity index (χ2n) is 3.60. The van der Waals surface area contributed by atoms with Gasteiger partial charge >= 0.3 is 6.36 Å². The molecule has 0 atom stereocenters. The number of alkyl halides is 3. The highest BCUT2D eigenvalue weighted by Gasteiger charge is 2.31. The molecule has 2 rings (SSSR count). The molecule has 100 valence electrons. The summed E-state index contributed by atoms with van der Waals surface area (Å²) >= 11 is 0. The van der Waals surface area contributed by atoms with Crippen LogP contribution in [-0.4, -0.2) is 16.3 Å². The monoisotopic (exact) mass is 272 g/mol. The molecule has 0 bridgehead atoms. The van der Waals surface area contributed by atoms with Gasteiger partial charge in [-0.05, 0) is 18.2 Å². The molecule has 0 fully saturated rings. The van der Waals surface area contributed by atoms with Crippen LogP contribution >= 0.6 is 0 Å². The van der Waals surface area contributed by atoms with E-state index in [4.69, 9.17) is 0 Å². The summed E-state index contributed by atoms with van der Waals surface area (Å²) in [6.45, 7) is 0. The predicted octanol–water partition coefficient (Wildman–Crippen LogP) is 3.31. The Kier molecular flexibility index (Phi) is 3.16. The van der Waals surface area contributed by atoms with Crippen molar-refractivity contribution < 1.29 is 22.8 Å². The quantitative estimate of drug-likeness (QED) is 0.688. The van der Waals surface area contributed by atoms with Gasteiger partial charge in [0.2, 0.25) is 6.20 Å². The number of aromatic nitrogens is 1. The van der Waals surface area contributed by atoms with Gasteiger partial charge in [0.15, 0.2) is 0 Å². The summed E-state index contributed by atoms with van der Waals surface area (Å²) in [7, 11) is 0. The highest BCUT2D eigenvalue weighted by Crippen LogP contribution is 2.28. The van der Waals surface area contributed by atoms with Crippen molar-refractivity contribution in [3.8, 4) is 5.75 Å². The largest absolute Gasteiger partial charge is 0.573 e. The Morgan fingerprint density at radius 2 is 2.11 bits per heavy atom. The first kappa shape index (κ1) is 12.9. The molecule has 8 heteroatoms. The summed E-state index contributed by atoms with van der Waals surface area (Å²) in [4.78, 5) is 12.4. The van der Waals surface area contributed by atoms with Gasteiger partial charge in [-0.1, -0.05) is 0 Å². The van der Waals surface area contributed by atoms with E-state index in [9.17, 15) is 23.3 Å². The van der Waals surface area contributed by atoms with Crippen LogP contribution in [0.2, 0.25) is 0 Å². The van der Waals surface area contributed by atoms with Crippen LogP contribution in [0.5, 0.6) is 5.75 Å². The van der Waals surface area contributed by atoms with E-state index in [-0.39, 0.29) is 5.75 Å². The molecule has 0 aliphatic rings. The summed E-state index contributed by atoms with van der Waals surface area (Å²) < 4.78 is 40.1. The normalized spacial score (nSPS) is 12.2. The Balaban J connectivity index is 2.40. The Bertz CT molecular complexity index is 646. The maximum Gasteiger partial charge on any atom is 0.573 e. The fraction of sp³-hybridized carbons (Fsp3) is 0.0909. The third-order valence-corrected chi connectivity index (χ3v) is 2.29. The van der Waals surface area contributed by atoms with Crippen molar-refractivity contribution >= 4 is 17.0 Å². The number of nitrogens with zero attached hydrogens (tertiary/aromatic N) is 1. The van der Waals surface area contributed by atoms with E-state index >= 15 is 0 Å². The lowest BCUT2D eigenvalue weighted by atomic mass is 10.1. The summed E-state index contributed by atoms with van der Waals surface area (Å²) in [5, 5.41) is 10.6. The van der Waals surface area contributed by atoms with Crippen molar-refractivity contribution in [3.05, 3.63) is 46.3 Å². The average molecular weight is 272 g/mol. The van der Waals surface area contributed by atoms with Crippen molar-refractivity contribution in [3.63, 3.8) is 0 Å². The molecule has 0 spiro atoms. The van der Waals surface area contributed by atoms with E-state index in [1.807, 2.05) is 0 Å². The average Bonchev–Trinajstić information content (AvgIpc) is 2.66. The van der Waals surface area contributed by atoms with Gasteiger partial charge in [0, 0.05) is 28.7 Å². The van der Waals surface area contributed by atoms with Crippen molar-refractivity contribution in [1.29, 1.82) is 0 Å². The zero-order chi connectivity index (χ0) is 14.0. The van der Waals surface area contributed by atoms with Gasteiger partial charge in [0.1, 0.15) is 5.75 Å². The van der Waals surface area contributed by atoms with Crippen LogP contribution in [0.3, 0.4) is 0 Å². The van der Waals surface area contributed by atoms with E-state index in [1.165, 1.54) is 24.4 Å². The minimum absolute atomic E-state index is 0.379. The van der Waals surface area contributed by atoms with Gasteiger partial charge in [-0.2, -0.15) is 0 Å². The van der Waals surface area contributed by atoms with E-state index in [2.05, 4.69) is 9.72 Å². The molecule has 1 aromatic carbocycles. The number of ether oxygens (including phenoxy) is 1. The third kappa shape index (κ3) is 3.24. The molecule has 0 radical (unpaired) electrons. The molecule has 0 saturated carbocycles. The van der Waals surface area contributed by atoms with Gasteiger partial charge in [0.05, 0.1) is 4.92 Å². The molecule has 2 aromatic rings. The number of rotatable bonds is 3. The first-order valence-electron chi connectivity index (χ1n) is 5.04. The van der Waals surface area contributed by atoms with Crippen molar-refractivity contribution in [2.24, 2.45) is 0 Å². The molecular formula is C11H7F3N2O3. The SMILES string of the molecule is O=[N+]([O-])/C=C/c1c[nH]c2ccc(OC(F)(F)F)cc12. The zero-order valence-electron chi connectivity index (χ0n) is 9.27. The van der Waals surface area contributed by atoms with Crippen LogP contribution < -0.4 is 4.74 Å². The summed E-state index contributed by atoms with van der Waals surface area (Å²) in [6.07, 6.45) is -1.42. The minimum atomic E-state index is -4.78. The van der Waals surface area contributed by atoms with Gasteiger partial charge < -0.3 is 9.72 Å². The van der Waals surface area contributed by atoms with Crippen LogP contribution in [-0.2, 0) is 0 Å². The van der Waals surface area contributed by atoms with E-state index in [0.717, 1.165) is 6.07 Å². The standard InChI is InChI=1S/C11H7F3N2O3/c12-11(13,14)19-8-1-2-10-9(5-8)7(6-15-10)3-4-16(17)18/h1-6,15H/b4-3+. The Hall–Kier alpha value is -2.51.